The average molecular weight is 675 g/mol. The van der Waals surface area contributed by atoms with Crippen LogP contribution in [0.2, 0.25) is 0 Å². The molecule has 47 heavy (non-hydrogen) atoms. The molecule has 0 fully saturated rings. The Hall–Kier alpha value is -4.60. The maximum Gasteiger partial charge on any atom is 0.243 e. The molecule has 0 aliphatic rings. The lowest BCUT2D eigenvalue weighted by molar-refractivity contribution is -0.134. The van der Waals surface area contributed by atoms with Crippen LogP contribution in [0.15, 0.2) is 30.5 Å². The zero-order valence-electron chi connectivity index (χ0n) is 27.1. The maximum absolute atomic E-state index is 13.2. The number of aromatic nitrogens is 1. The predicted molar refractivity (Wildman–Crippen MR) is 179 cm³/mol. The lowest BCUT2D eigenvalue weighted by Gasteiger charge is -2.24. The van der Waals surface area contributed by atoms with E-state index < -0.39 is 65.7 Å². The van der Waals surface area contributed by atoms with Crippen molar-refractivity contribution in [3.05, 3.63) is 36.0 Å². The fourth-order valence-corrected chi connectivity index (χ4v) is 5.00. The van der Waals surface area contributed by atoms with Crippen molar-refractivity contribution in [2.24, 2.45) is 5.73 Å². The van der Waals surface area contributed by atoms with Gasteiger partial charge in [-0.1, -0.05) is 18.2 Å². The normalized spacial score (nSPS) is 14.1. The van der Waals surface area contributed by atoms with E-state index in [2.05, 4.69) is 49.5 Å². The van der Waals surface area contributed by atoms with Gasteiger partial charge in [-0.25, -0.2) is 0 Å². The van der Waals surface area contributed by atoms with Crippen LogP contribution < -0.4 is 37.6 Å². The highest BCUT2D eigenvalue weighted by atomic mass is 32.1. The van der Waals surface area contributed by atoms with E-state index in [1.165, 1.54) is 27.7 Å². The molecule has 9 N–H and O–H groups in total. The minimum Gasteiger partial charge on any atom is -0.368 e. The number of hydrogen-bond donors (Lipinski definition) is 9. The van der Waals surface area contributed by atoms with Gasteiger partial charge in [0.25, 0.3) is 0 Å². The monoisotopic (exact) mass is 674 g/mol. The second kappa shape index (κ2) is 19.2. The molecule has 0 unspecified atom stereocenters. The number of para-hydroxylation sites is 1. The van der Waals surface area contributed by atoms with Gasteiger partial charge >= 0.3 is 0 Å². The molecule has 2 aromatic rings. The molecule has 1 aromatic heterocycles. The van der Waals surface area contributed by atoms with Crippen LogP contribution in [0, 0.1) is 0 Å². The molecule has 1 heterocycles. The number of carbonyl (C=O) groups excluding carboxylic acids is 7. The molecule has 5 atom stereocenters. The molecule has 1 aromatic carbocycles. The molecule has 0 aliphatic heterocycles. The number of aromatic amines is 1. The minimum absolute atomic E-state index is 0.127. The third kappa shape index (κ3) is 13.0. The summed E-state index contributed by atoms with van der Waals surface area (Å²) in [5, 5.41) is 16.3. The van der Waals surface area contributed by atoms with Crippen LogP contribution in [0.1, 0.15) is 58.9 Å². The van der Waals surface area contributed by atoms with E-state index in [1.54, 1.807) is 6.20 Å². The number of nitrogens with two attached hydrogens (primary N) is 1. The van der Waals surface area contributed by atoms with Gasteiger partial charge in [-0.05, 0) is 56.9 Å². The van der Waals surface area contributed by atoms with Gasteiger partial charge in [0, 0.05) is 43.9 Å². The summed E-state index contributed by atoms with van der Waals surface area (Å²) < 4.78 is 0. The van der Waals surface area contributed by atoms with E-state index in [0.29, 0.717) is 19.4 Å². The van der Waals surface area contributed by atoms with Crippen LogP contribution in [0.25, 0.3) is 10.9 Å². The molecule has 0 radical (unpaired) electrons. The number of primary amides is 1. The lowest BCUT2D eigenvalue weighted by Crippen LogP contribution is -2.58. The Morgan fingerprint density at radius 1 is 0.745 bits per heavy atom. The summed E-state index contributed by atoms with van der Waals surface area (Å²) in [6, 6.07) is 2.28. The van der Waals surface area contributed by atoms with Crippen molar-refractivity contribution in [3.63, 3.8) is 0 Å². The fraction of sp³-hybridized carbons (Fsp3) is 0.516. The van der Waals surface area contributed by atoms with Gasteiger partial charge in [0.2, 0.25) is 41.4 Å². The Labute approximate surface area is 279 Å². The van der Waals surface area contributed by atoms with Gasteiger partial charge in [-0.2, -0.15) is 12.6 Å². The molecule has 2 rings (SSSR count). The molecule has 0 saturated carbocycles. The molecule has 0 aliphatic carbocycles. The number of carbonyl (C=O) groups is 7. The van der Waals surface area contributed by atoms with Gasteiger partial charge in [0.05, 0.1) is 0 Å². The number of rotatable bonds is 19. The molecule has 16 heteroatoms. The lowest BCUT2D eigenvalue weighted by atomic mass is 10.0. The zero-order chi connectivity index (χ0) is 35.1. The van der Waals surface area contributed by atoms with Crippen molar-refractivity contribution < 1.29 is 33.6 Å². The van der Waals surface area contributed by atoms with Crippen LogP contribution in [0.3, 0.4) is 0 Å². The minimum atomic E-state index is -1.10. The highest BCUT2D eigenvalue weighted by Crippen LogP contribution is 2.19. The molecular weight excluding hydrogens is 628 g/mol. The summed E-state index contributed by atoms with van der Waals surface area (Å²) in [5.74, 6) is -3.68. The third-order valence-electron chi connectivity index (χ3n) is 7.30. The Morgan fingerprint density at radius 2 is 1.32 bits per heavy atom. The van der Waals surface area contributed by atoms with Crippen molar-refractivity contribution in [1.82, 2.24) is 36.9 Å². The van der Waals surface area contributed by atoms with E-state index >= 15 is 0 Å². The number of H-pyrrole nitrogens is 1. The zero-order valence-corrected chi connectivity index (χ0v) is 28.0. The number of unbranched alkanes of at least 4 members (excludes halogenated alkanes) is 1. The van der Waals surface area contributed by atoms with Crippen LogP contribution in [0.4, 0.5) is 0 Å². The number of fused-ring (bicyclic) bond motifs is 1. The summed E-state index contributed by atoms with van der Waals surface area (Å²) in [4.78, 5) is 89.9. The summed E-state index contributed by atoms with van der Waals surface area (Å²) in [6.45, 7) is 5.93. The second-order valence-electron chi connectivity index (χ2n) is 11.3. The van der Waals surface area contributed by atoms with Gasteiger partial charge in [0.1, 0.15) is 30.2 Å². The first-order chi connectivity index (χ1) is 22.2. The summed E-state index contributed by atoms with van der Waals surface area (Å²) in [7, 11) is 0. The van der Waals surface area contributed by atoms with Gasteiger partial charge in [0.15, 0.2) is 0 Å². The Kier molecular flexibility index (Phi) is 15.7. The average Bonchev–Trinajstić information content (AvgIpc) is 3.41. The van der Waals surface area contributed by atoms with Gasteiger partial charge < -0.3 is 42.6 Å². The first-order valence-corrected chi connectivity index (χ1v) is 16.0. The SMILES string of the molecule is CC(=O)NCCCC[C@H](NC(C)=O)C(=O)N[C@@H](C)C(=O)N[C@@H](C)C(=O)N[C@@H](CCS)C(=O)N[C@@H](Cc1c[nH]c2ccccc12)C(N)=O. The van der Waals surface area contributed by atoms with Crippen molar-refractivity contribution in [2.45, 2.75) is 90.0 Å². The number of benzene rings is 1. The Morgan fingerprint density at radius 3 is 1.94 bits per heavy atom. The number of nitrogens with one attached hydrogen (secondary N) is 7. The predicted octanol–water partition coefficient (Wildman–Crippen LogP) is -0.694. The molecule has 0 saturated heterocycles. The van der Waals surface area contributed by atoms with Crippen molar-refractivity contribution in [3.8, 4) is 0 Å². The molecule has 0 spiro atoms. The standard InChI is InChI=1S/C31H46N8O7S/c1-17(36-30(45)24(37-20(4)41)11-7-8-13-33-19(3)40)28(43)35-18(2)29(44)38-25(12-14-47)31(46)39-26(27(32)42)15-21-16-34-23-10-6-5-9-22(21)23/h5-6,9-10,16-18,24-26,34,47H,7-8,11-15H2,1-4H3,(H2,32,42)(H,33,40)(H,35,43)(H,36,45)(H,37,41)(H,38,44)(H,39,46)/t17-,18-,24-,25-,26-/m0/s1. The van der Waals surface area contributed by atoms with Crippen LogP contribution >= 0.6 is 12.6 Å². The topological polar surface area (TPSA) is 233 Å². The van der Waals surface area contributed by atoms with E-state index in [0.717, 1.165) is 16.5 Å². The van der Waals surface area contributed by atoms with Crippen molar-refractivity contribution in [1.29, 1.82) is 0 Å². The Balaban J connectivity index is 1.95. The third-order valence-corrected chi connectivity index (χ3v) is 7.56. The molecule has 0 bridgehead atoms. The molecule has 7 amide bonds. The van der Waals surface area contributed by atoms with E-state index in [1.807, 2.05) is 24.3 Å². The summed E-state index contributed by atoms with van der Waals surface area (Å²) >= 11 is 4.18. The van der Waals surface area contributed by atoms with E-state index in [4.69, 9.17) is 5.73 Å². The van der Waals surface area contributed by atoms with E-state index in [9.17, 15) is 33.6 Å². The van der Waals surface area contributed by atoms with Crippen LogP contribution in [0.5, 0.6) is 0 Å². The van der Waals surface area contributed by atoms with Crippen molar-refractivity contribution >= 4 is 64.9 Å². The van der Waals surface area contributed by atoms with Crippen molar-refractivity contribution in [2.75, 3.05) is 12.3 Å². The quantitative estimate of drug-likeness (QED) is 0.0686. The number of amides is 7. The first kappa shape index (κ1) is 38.6. The number of thiol groups is 1. The smallest absolute Gasteiger partial charge is 0.243 e. The summed E-state index contributed by atoms with van der Waals surface area (Å²) in [5.41, 5.74) is 7.24. The number of hydrogen-bond acceptors (Lipinski definition) is 8. The van der Waals surface area contributed by atoms with Crippen LogP contribution in [-0.4, -0.2) is 88.8 Å². The largest absolute Gasteiger partial charge is 0.368 e. The maximum atomic E-state index is 13.2. The summed E-state index contributed by atoms with van der Waals surface area (Å²) in [6.07, 6.45) is 3.39. The molecular formula is C31H46N8O7S. The van der Waals surface area contributed by atoms with Gasteiger partial charge in [-0.3, -0.25) is 33.6 Å². The van der Waals surface area contributed by atoms with Gasteiger partial charge in [-0.15, -0.1) is 0 Å². The second-order valence-corrected chi connectivity index (χ2v) is 11.7. The molecule has 258 valence electrons. The van der Waals surface area contributed by atoms with E-state index in [-0.39, 0.29) is 30.9 Å². The molecule has 15 nitrogen and oxygen atoms in total. The first-order valence-electron chi connectivity index (χ1n) is 15.4. The van der Waals surface area contributed by atoms with Crippen LogP contribution in [-0.2, 0) is 40.0 Å². The Bertz CT molecular complexity index is 1430. The highest BCUT2D eigenvalue weighted by Gasteiger charge is 2.29. The fourth-order valence-electron chi connectivity index (χ4n) is 4.75. The highest BCUT2D eigenvalue weighted by molar-refractivity contribution is 7.80.